The average molecular weight is 375 g/mol. The first-order chi connectivity index (χ1) is 10.8. The van der Waals surface area contributed by atoms with Gasteiger partial charge in [-0.25, -0.2) is 0 Å². The van der Waals surface area contributed by atoms with Gasteiger partial charge in [-0.2, -0.15) is 5.26 Å². The number of benzene rings is 1. The molecular weight excluding hydrogens is 356 g/mol. The number of nitrogens with zero attached hydrogens (tertiary/aromatic N) is 2. The molecule has 1 saturated heterocycles. The van der Waals surface area contributed by atoms with Crippen LogP contribution in [-0.2, 0) is 0 Å². The number of rotatable bonds is 1. The summed E-state index contributed by atoms with van der Waals surface area (Å²) >= 11 is 3.47. The molecule has 4 nitrogen and oxygen atoms in total. The summed E-state index contributed by atoms with van der Waals surface area (Å²) in [7, 11) is 0. The maximum absolute atomic E-state index is 12.7. The lowest BCUT2D eigenvalue weighted by Crippen LogP contribution is -2.38. The van der Waals surface area contributed by atoms with Crippen molar-refractivity contribution in [3.8, 4) is 6.07 Å². The van der Waals surface area contributed by atoms with Gasteiger partial charge in [0.05, 0.1) is 9.86 Å². The highest BCUT2D eigenvalue weighted by Gasteiger charge is 2.29. The summed E-state index contributed by atoms with van der Waals surface area (Å²) in [5.74, 6) is 0.407. The highest BCUT2D eigenvalue weighted by Crippen LogP contribution is 2.35. The van der Waals surface area contributed by atoms with Crippen LogP contribution in [0.1, 0.15) is 37.8 Å². The highest BCUT2D eigenvalue weighted by atomic mass is 79.9. The van der Waals surface area contributed by atoms with Crippen molar-refractivity contribution in [3.05, 3.63) is 38.0 Å². The van der Waals surface area contributed by atoms with Gasteiger partial charge in [0.1, 0.15) is 6.07 Å². The third-order valence-corrected chi connectivity index (χ3v) is 5.18. The minimum absolute atomic E-state index is 0.106. The molecular formula is C18H19BrN2O2. The fraction of sp³-hybridized carbons (Fsp3) is 0.444. The summed E-state index contributed by atoms with van der Waals surface area (Å²) in [5.41, 5.74) is 1.61. The van der Waals surface area contributed by atoms with Crippen LogP contribution in [-0.4, -0.2) is 13.1 Å². The first-order valence-corrected chi connectivity index (χ1v) is 8.54. The molecule has 1 aliphatic rings. The van der Waals surface area contributed by atoms with Crippen molar-refractivity contribution in [2.24, 2.45) is 5.41 Å². The van der Waals surface area contributed by atoms with Gasteiger partial charge in [0, 0.05) is 13.1 Å². The topological polar surface area (TPSA) is 57.2 Å². The summed E-state index contributed by atoms with van der Waals surface area (Å²) < 4.78 is 6.76. The zero-order valence-electron chi connectivity index (χ0n) is 13.6. The van der Waals surface area contributed by atoms with Gasteiger partial charge in [-0.15, -0.1) is 0 Å². The van der Waals surface area contributed by atoms with Gasteiger partial charge in [0.15, 0.2) is 11.1 Å². The number of fused-ring (bicyclic) bond motifs is 1. The number of hydrogen-bond acceptors (Lipinski definition) is 4. The number of piperidine rings is 1. The number of nitriles is 1. The Balaban J connectivity index is 2.18. The molecule has 3 rings (SSSR count). The SMILES string of the molecule is Cc1cc(Br)c2oc(N3CCC(C)(C)CC3)c(C#N)c(=O)c2c1. The summed E-state index contributed by atoms with van der Waals surface area (Å²) in [6.45, 7) is 7.98. The van der Waals surface area contributed by atoms with Crippen molar-refractivity contribution >= 4 is 32.8 Å². The van der Waals surface area contributed by atoms with Gasteiger partial charge in [0.25, 0.3) is 0 Å². The molecule has 1 fully saturated rings. The van der Waals surface area contributed by atoms with Crippen LogP contribution in [0.15, 0.2) is 25.8 Å². The molecule has 0 radical (unpaired) electrons. The second-order valence-electron chi connectivity index (χ2n) is 7.00. The molecule has 1 aromatic carbocycles. The fourth-order valence-electron chi connectivity index (χ4n) is 3.02. The van der Waals surface area contributed by atoms with Crippen LogP contribution < -0.4 is 10.3 Å². The van der Waals surface area contributed by atoms with E-state index in [0.717, 1.165) is 36.0 Å². The molecule has 0 spiro atoms. The predicted octanol–water partition coefficient (Wildman–Crippen LogP) is 4.36. The smallest absolute Gasteiger partial charge is 0.218 e. The van der Waals surface area contributed by atoms with Gasteiger partial charge in [-0.1, -0.05) is 13.8 Å². The number of anilines is 1. The van der Waals surface area contributed by atoms with Gasteiger partial charge in [-0.05, 0) is 58.8 Å². The van der Waals surface area contributed by atoms with Crippen molar-refractivity contribution in [1.82, 2.24) is 0 Å². The van der Waals surface area contributed by atoms with Gasteiger partial charge in [-0.3, -0.25) is 4.79 Å². The maximum atomic E-state index is 12.7. The number of hydrogen-bond donors (Lipinski definition) is 0. The molecule has 2 heterocycles. The Hall–Kier alpha value is -1.80. The molecule has 0 bridgehead atoms. The molecule has 5 heteroatoms. The molecule has 120 valence electrons. The largest absolute Gasteiger partial charge is 0.438 e. The molecule has 0 N–H and O–H groups in total. The van der Waals surface area contributed by atoms with Crippen molar-refractivity contribution in [1.29, 1.82) is 5.26 Å². The van der Waals surface area contributed by atoms with E-state index in [9.17, 15) is 10.1 Å². The molecule has 2 aromatic rings. The zero-order chi connectivity index (χ0) is 16.8. The van der Waals surface area contributed by atoms with E-state index in [-0.39, 0.29) is 16.4 Å². The van der Waals surface area contributed by atoms with Crippen LogP contribution in [0.2, 0.25) is 0 Å². The van der Waals surface area contributed by atoms with E-state index in [1.165, 1.54) is 0 Å². The molecule has 1 aromatic heterocycles. The van der Waals surface area contributed by atoms with Crippen LogP contribution in [0.4, 0.5) is 5.88 Å². The molecule has 0 atom stereocenters. The Labute approximate surface area is 143 Å². The van der Waals surface area contributed by atoms with E-state index >= 15 is 0 Å². The van der Waals surface area contributed by atoms with E-state index in [1.807, 2.05) is 24.0 Å². The molecule has 0 amide bonds. The molecule has 1 aliphatic heterocycles. The van der Waals surface area contributed by atoms with Crippen molar-refractivity contribution in [2.45, 2.75) is 33.6 Å². The lowest BCUT2D eigenvalue weighted by molar-refractivity contribution is 0.274. The summed E-state index contributed by atoms with van der Waals surface area (Å²) in [6.07, 6.45) is 2.02. The lowest BCUT2D eigenvalue weighted by atomic mass is 9.82. The Kier molecular flexibility index (Phi) is 3.97. The van der Waals surface area contributed by atoms with E-state index in [2.05, 4.69) is 29.8 Å². The Morgan fingerprint density at radius 3 is 2.57 bits per heavy atom. The minimum atomic E-state index is -0.252. The van der Waals surface area contributed by atoms with Crippen LogP contribution in [0.25, 0.3) is 11.0 Å². The molecule has 23 heavy (non-hydrogen) atoms. The fourth-order valence-corrected chi connectivity index (χ4v) is 3.67. The van der Waals surface area contributed by atoms with E-state index in [0.29, 0.717) is 16.9 Å². The standard InChI is InChI=1S/C18H19BrN2O2/c1-11-8-12-15(22)13(10-20)17(23-16(12)14(19)9-11)21-6-4-18(2,3)5-7-21/h8-9H,4-7H2,1-3H3. The second kappa shape index (κ2) is 5.68. The van der Waals surface area contributed by atoms with Crippen LogP contribution in [0.3, 0.4) is 0 Å². The van der Waals surface area contributed by atoms with Gasteiger partial charge < -0.3 is 9.32 Å². The lowest BCUT2D eigenvalue weighted by Gasteiger charge is -2.37. The highest BCUT2D eigenvalue weighted by molar-refractivity contribution is 9.10. The second-order valence-corrected chi connectivity index (χ2v) is 7.85. The van der Waals surface area contributed by atoms with Crippen molar-refractivity contribution in [2.75, 3.05) is 18.0 Å². The van der Waals surface area contributed by atoms with Crippen LogP contribution >= 0.6 is 15.9 Å². The minimum Gasteiger partial charge on any atom is -0.438 e. The Morgan fingerprint density at radius 2 is 1.96 bits per heavy atom. The van der Waals surface area contributed by atoms with E-state index in [4.69, 9.17) is 4.42 Å². The number of halogens is 1. The molecule has 0 unspecified atom stereocenters. The van der Waals surface area contributed by atoms with Crippen LogP contribution in [0, 0.1) is 23.7 Å². The molecule has 0 aliphatic carbocycles. The van der Waals surface area contributed by atoms with Crippen molar-refractivity contribution in [3.63, 3.8) is 0 Å². The normalized spacial score (nSPS) is 17.3. The van der Waals surface area contributed by atoms with E-state index in [1.54, 1.807) is 6.07 Å². The monoisotopic (exact) mass is 374 g/mol. The zero-order valence-corrected chi connectivity index (χ0v) is 15.2. The van der Waals surface area contributed by atoms with Gasteiger partial charge >= 0.3 is 0 Å². The Morgan fingerprint density at radius 1 is 1.30 bits per heavy atom. The quantitative estimate of drug-likeness (QED) is 0.743. The summed E-state index contributed by atoms with van der Waals surface area (Å²) in [6, 6.07) is 5.74. The third kappa shape index (κ3) is 2.88. The average Bonchev–Trinajstić information content (AvgIpc) is 2.48. The maximum Gasteiger partial charge on any atom is 0.218 e. The van der Waals surface area contributed by atoms with Crippen molar-refractivity contribution < 1.29 is 4.42 Å². The molecule has 0 saturated carbocycles. The third-order valence-electron chi connectivity index (χ3n) is 4.59. The number of aryl methyl sites for hydroxylation is 1. The first-order valence-electron chi connectivity index (χ1n) is 7.74. The predicted molar refractivity (Wildman–Crippen MR) is 94.9 cm³/mol. The van der Waals surface area contributed by atoms with Crippen LogP contribution in [0.5, 0.6) is 0 Å². The van der Waals surface area contributed by atoms with E-state index < -0.39 is 0 Å². The first kappa shape index (κ1) is 16.1. The van der Waals surface area contributed by atoms with Gasteiger partial charge in [0.2, 0.25) is 11.3 Å². The Bertz CT molecular complexity index is 867. The summed E-state index contributed by atoms with van der Waals surface area (Å²) in [5, 5.41) is 9.94. The summed E-state index contributed by atoms with van der Waals surface area (Å²) in [4.78, 5) is 14.7.